The molecule has 1 aliphatic heterocycles. The van der Waals surface area contributed by atoms with Gasteiger partial charge in [0.15, 0.2) is 0 Å². The van der Waals surface area contributed by atoms with Crippen molar-refractivity contribution in [3.8, 4) is 0 Å². The van der Waals surface area contributed by atoms with Crippen LogP contribution >= 0.6 is 0 Å². The highest BCUT2D eigenvalue weighted by molar-refractivity contribution is 5.78. The predicted molar refractivity (Wildman–Crippen MR) is 80.3 cm³/mol. The quantitative estimate of drug-likeness (QED) is 0.692. The summed E-state index contributed by atoms with van der Waals surface area (Å²) in [6, 6.07) is 0.531. The maximum absolute atomic E-state index is 12.4. The first-order chi connectivity index (χ1) is 9.19. The van der Waals surface area contributed by atoms with Crippen LogP contribution in [0.15, 0.2) is 0 Å². The van der Waals surface area contributed by atoms with E-state index in [2.05, 4.69) is 36.0 Å². The van der Waals surface area contributed by atoms with Gasteiger partial charge in [0.05, 0.1) is 6.54 Å². The normalized spacial score (nSPS) is 19.1. The van der Waals surface area contributed by atoms with Crippen LogP contribution in [0.1, 0.15) is 46.0 Å². The summed E-state index contributed by atoms with van der Waals surface area (Å²) in [4.78, 5) is 16.7. The van der Waals surface area contributed by atoms with Crippen molar-refractivity contribution < 1.29 is 4.79 Å². The van der Waals surface area contributed by atoms with Gasteiger partial charge in [-0.1, -0.05) is 26.7 Å². The van der Waals surface area contributed by atoms with Crippen molar-refractivity contribution in [2.75, 3.05) is 39.8 Å². The van der Waals surface area contributed by atoms with Gasteiger partial charge in [-0.3, -0.25) is 9.69 Å². The van der Waals surface area contributed by atoms with Crippen LogP contribution < -0.4 is 5.32 Å². The van der Waals surface area contributed by atoms with Gasteiger partial charge in [-0.15, -0.1) is 0 Å². The third-order valence-corrected chi connectivity index (χ3v) is 3.96. The first kappa shape index (κ1) is 16.4. The lowest BCUT2D eigenvalue weighted by molar-refractivity contribution is -0.132. The van der Waals surface area contributed by atoms with E-state index in [0.29, 0.717) is 18.5 Å². The molecule has 0 aromatic rings. The Bertz CT molecular complexity index is 244. The van der Waals surface area contributed by atoms with Crippen LogP contribution in [0.25, 0.3) is 0 Å². The van der Waals surface area contributed by atoms with E-state index >= 15 is 0 Å². The van der Waals surface area contributed by atoms with Crippen LogP contribution in [0.5, 0.6) is 0 Å². The molecule has 1 N–H and O–H groups in total. The number of nitrogens with one attached hydrogen (secondary N) is 1. The molecule has 1 atom stereocenters. The molecule has 19 heavy (non-hydrogen) atoms. The molecule has 0 aromatic heterocycles. The minimum Gasteiger partial charge on any atom is -0.342 e. The fourth-order valence-corrected chi connectivity index (χ4v) is 2.52. The molecule has 0 bridgehead atoms. The Morgan fingerprint density at radius 1 is 1.21 bits per heavy atom. The van der Waals surface area contributed by atoms with E-state index in [1.54, 1.807) is 0 Å². The molecular weight excluding hydrogens is 238 g/mol. The standard InChI is InChI=1S/C15H31N3O/c1-4-6-10-18(11-7-5-2)15(19)13-17(3)14-8-9-16-12-14/h14,16H,4-13H2,1-3H3. The zero-order valence-electron chi connectivity index (χ0n) is 13.0. The van der Waals surface area contributed by atoms with E-state index in [9.17, 15) is 4.79 Å². The van der Waals surface area contributed by atoms with Gasteiger partial charge in [0, 0.05) is 25.7 Å². The molecule has 1 fully saturated rings. The maximum atomic E-state index is 12.4. The van der Waals surface area contributed by atoms with Crippen LogP contribution in [-0.4, -0.2) is 61.5 Å². The van der Waals surface area contributed by atoms with Crippen molar-refractivity contribution in [3.05, 3.63) is 0 Å². The summed E-state index contributed by atoms with van der Waals surface area (Å²) in [5.41, 5.74) is 0. The highest BCUT2D eigenvalue weighted by atomic mass is 16.2. The number of carbonyl (C=O) groups excluding carboxylic acids is 1. The van der Waals surface area contributed by atoms with Crippen molar-refractivity contribution in [2.24, 2.45) is 0 Å². The van der Waals surface area contributed by atoms with Gasteiger partial charge in [-0.05, 0) is 32.9 Å². The second kappa shape index (κ2) is 9.32. The van der Waals surface area contributed by atoms with Gasteiger partial charge in [0.25, 0.3) is 0 Å². The Labute approximate surface area is 118 Å². The van der Waals surface area contributed by atoms with Gasteiger partial charge >= 0.3 is 0 Å². The summed E-state index contributed by atoms with van der Waals surface area (Å²) >= 11 is 0. The highest BCUT2D eigenvalue weighted by Gasteiger charge is 2.22. The number of hydrogen-bond acceptors (Lipinski definition) is 3. The minimum absolute atomic E-state index is 0.302. The average molecular weight is 269 g/mol. The van der Waals surface area contributed by atoms with Gasteiger partial charge in [-0.25, -0.2) is 0 Å². The molecule has 1 saturated heterocycles. The largest absolute Gasteiger partial charge is 0.342 e. The molecule has 4 nitrogen and oxygen atoms in total. The number of unbranched alkanes of at least 4 members (excludes halogenated alkanes) is 2. The Balaban J connectivity index is 2.39. The molecule has 4 heteroatoms. The number of amides is 1. The van der Waals surface area contributed by atoms with E-state index in [1.165, 1.54) is 0 Å². The van der Waals surface area contributed by atoms with Gasteiger partial charge < -0.3 is 10.2 Å². The van der Waals surface area contributed by atoms with Gasteiger partial charge in [-0.2, -0.15) is 0 Å². The lowest BCUT2D eigenvalue weighted by Crippen LogP contribution is -2.44. The first-order valence-electron chi connectivity index (χ1n) is 7.87. The molecule has 1 aliphatic rings. The van der Waals surface area contributed by atoms with Crippen molar-refractivity contribution in [1.82, 2.24) is 15.1 Å². The van der Waals surface area contributed by atoms with E-state index in [1.807, 2.05) is 0 Å². The highest BCUT2D eigenvalue weighted by Crippen LogP contribution is 2.07. The van der Waals surface area contributed by atoms with E-state index in [0.717, 1.165) is 58.3 Å². The summed E-state index contributed by atoms with van der Waals surface area (Å²) in [5, 5.41) is 3.36. The van der Waals surface area contributed by atoms with Gasteiger partial charge in [0.1, 0.15) is 0 Å². The topological polar surface area (TPSA) is 35.6 Å². The van der Waals surface area contributed by atoms with Crippen LogP contribution in [0.3, 0.4) is 0 Å². The Hall–Kier alpha value is -0.610. The zero-order chi connectivity index (χ0) is 14.1. The molecular formula is C15H31N3O. The number of rotatable bonds is 9. The molecule has 0 radical (unpaired) electrons. The maximum Gasteiger partial charge on any atom is 0.236 e. The lowest BCUT2D eigenvalue weighted by atomic mass is 10.2. The van der Waals surface area contributed by atoms with E-state index in [4.69, 9.17) is 0 Å². The SMILES string of the molecule is CCCCN(CCCC)C(=O)CN(C)C1CCNC1. The van der Waals surface area contributed by atoms with Crippen LogP contribution in [0.4, 0.5) is 0 Å². The summed E-state index contributed by atoms with van der Waals surface area (Å²) in [7, 11) is 2.08. The number of nitrogens with zero attached hydrogens (tertiary/aromatic N) is 2. The monoisotopic (exact) mass is 269 g/mol. The molecule has 1 unspecified atom stereocenters. The Morgan fingerprint density at radius 3 is 2.32 bits per heavy atom. The van der Waals surface area contributed by atoms with E-state index in [-0.39, 0.29) is 0 Å². The number of hydrogen-bond donors (Lipinski definition) is 1. The summed E-state index contributed by atoms with van der Waals surface area (Å²) in [6.07, 6.45) is 5.69. The predicted octanol–water partition coefficient (Wildman–Crippen LogP) is 1.71. The van der Waals surface area contributed by atoms with Crippen molar-refractivity contribution >= 4 is 5.91 Å². The second-order valence-corrected chi connectivity index (χ2v) is 5.65. The molecule has 0 aromatic carbocycles. The summed E-state index contributed by atoms with van der Waals surface area (Å²) in [6.45, 7) is 8.88. The molecule has 0 aliphatic carbocycles. The molecule has 0 spiro atoms. The lowest BCUT2D eigenvalue weighted by Gasteiger charge is -2.28. The summed E-state index contributed by atoms with van der Waals surface area (Å²) in [5.74, 6) is 0.302. The molecule has 0 saturated carbocycles. The zero-order valence-corrected chi connectivity index (χ0v) is 13.0. The average Bonchev–Trinajstić information content (AvgIpc) is 2.92. The van der Waals surface area contributed by atoms with E-state index < -0.39 is 0 Å². The van der Waals surface area contributed by atoms with Gasteiger partial charge in [0.2, 0.25) is 5.91 Å². The number of carbonyl (C=O) groups is 1. The molecule has 1 rings (SSSR count). The van der Waals surface area contributed by atoms with Crippen LogP contribution in [0.2, 0.25) is 0 Å². The Morgan fingerprint density at radius 2 is 1.84 bits per heavy atom. The van der Waals surface area contributed by atoms with Crippen LogP contribution in [0, 0.1) is 0 Å². The Kier molecular flexibility index (Phi) is 8.07. The molecule has 1 heterocycles. The fraction of sp³-hybridized carbons (Fsp3) is 0.933. The van der Waals surface area contributed by atoms with Crippen molar-refractivity contribution in [2.45, 2.75) is 52.0 Å². The second-order valence-electron chi connectivity index (χ2n) is 5.65. The minimum atomic E-state index is 0.302. The fourth-order valence-electron chi connectivity index (χ4n) is 2.52. The van der Waals surface area contributed by atoms with Crippen molar-refractivity contribution in [1.29, 1.82) is 0 Å². The number of likely N-dealkylation sites (N-methyl/N-ethyl adjacent to an activating group) is 1. The van der Waals surface area contributed by atoms with Crippen molar-refractivity contribution in [3.63, 3.8) is 0 Å². The molecule has 1 amide bonds. The first-order valence-corrected chi connectivity index (χ1v) is 7.87. The smallest absolute Gasteiger partial charge is 0.236 e. The van der Waals surface area contributed by atoms with Crippen LogP contribution in [-0.2, 0) is 4.79 Å². The molecule has 112 valence electrons. The third kappa shape index (κ3) is 5.91. The summed E-state index contributed by atoms with van der Waals surface area (Å²) < 4.78 is 0. The third-order valence-electron chi connectivity index (χ3n) is 3.96.